The minimum absolute atomic E-state index is 0.0954. The molecule has 0 radical (unpaired) electrons. The van der Waals surface area contributed by atoms with Gasteiger partial charge in [-0.1, -0.05) is 6.07 Å². The summed E-state index contributed by atoms with van der Waals surface area (Å²) in [5.41, 5.74) is 0.522. The summed E-state index contributed by atoms with van der Waals surface area (Å²) in [6.07, 6.45) is 1.28. The van der Waals surface area contributed by atoms with Crippen LogP contribution < -0.4 is 16.0 Å². The molecule has 0 aliphatic rings. The Kier molecular flexibility index (Phi) is 5.36. The number of hydrogen-bond acceptors (Lipinski definition) is 3. The number of phenolic OH excluding ortho intramolecular Hbond substituents is 1. The van der Waals surface area contributed by atoms with Crippen LogP contribution in [0.3, 0.4) is 0 Å². The molecule has 1 rings (SSSR count). The molecule has 0 atom stereocenters. The third-order valence-electron chi connectivity index (χ3n) is 1.97. The van der Waals surface area contributed by atoms with E-state index in [9.17, 15) is 14.7 Å². The standard InChI is InChI=1S/C11H15N3O3/c15-8-12-5-2-6-13-11(17)14-9-3-1-4-10(16)7-9/h1,3-4,7-8,16H,2,5-6H2,(H,12,15)(H2,13,14,17). The maximum Gasteiger partial charge on any atom is 0.319 e. The first-order chi connectivity index (χ1) is 8.22. The average molecular weight is 237 g/mol. The molecule has 0 heterocycles. The Balaban J connectivity index is 2.23. The molecule has 0 saturated carbocycles. The summed E-state index contributed by atoms with van der Waals surface area (Å²) < 4.78 is 0. The van der Waals surface area contributed by atoms with Crippen molar-refractivity contribution in [2.24, 2.45) is 0 Å². The lowest BCUT2D eigenvalue weighted by Gasteiger charge is -2.07. The summed E-state index contributed by atoms with van der Waals surface area (Å²) in [5.74, 6) is 0.0954. The number of rotatable bonds is 6. The minimum atomic E-state index is -0.346. The molecule has 17 heavy (non-hydrogen) atoms. The maximum absolute atomic E-state index is 11.4. The molecular formula is C11H15N3O3. The van der Waals surface area contributed by atoms with Gasteiger partial charge in [0.2, 0.25) is 6.41 Å². The predicted molar refractivity (Wildman–Crippen MR) is 63.8 cm³/mol. The van der Waals surface area contributed by atoms with Crippen molar-refractivity contribution in [2.45, 2.75) is 6.42 Å². The number of amides is 3. The van der Waals surface area contributed by atoms with E-state index in [2.05, 4.69) is 16.0 Å². The molecule has 1 aromatic rings. The highest BCUT2D eigenvalue weighted by atomic mass is 16.3. The third kappa shape index (κ3) is 5.41. The molecule has 6 heteroatoms. The molecule has 6 nitrogen and oxygen atoms in total. The summed E-state index contributed by atoms with van der Waals surface area (Å²) >= 11 is 0. The third-order valence-corrected chi connectivity index (χ3v) is 1.97. The van der Waals surface area contributed by atoms with Crippen molar-refractivity contribution in [3.8, 4) is 5.75 Å². The van der Waals surface area contributed by atoms with E-state index < -0.39 is 0 Å². The van der Waals surface area contributed by atoms with Crippen molar-refractivity contribution in [1.29, 1.82) is 0 Å². The van der Waals surface area contributed by atoms with Gasteiger partial charge in [0, 0.05) is 24.8 Å². The molecule has 0 spiro atoms. The first kappa shape index (κ1) is 12.8. The van der Waals surface area contributed by atoms with Crippen molar-refractivity contribution in [1.82, 2.24) is 10.6 Å². The number of carbonyl (C=O) groups excluding carboxylic acids is 2. The van der Waals surface area contributed by atoms with Crippen LogP contribution in [0.4, 0.5) is 10.5 Å². The van der Waals surface area contributed by atoms with E-state index in [-0.39, 0.29) is 11.8 Å². The Morgan fingerprint density at radius 2 is 2.18 bits per heavy atom. The molecule has 0 aliphatic heterocycles. The molecule has 1 aromatic carbocycles. The second kappa shape index (κ2) is 7.10. The van der Waals surface area contributed by atoms with E-state index in [0.717, 1.165) is 0 Å². The van der Waals surface area contributed by atoms with Crippen LogP contribution >= 0.6 is 0 Å². The van der Waals surface area contributed by atoms with E-state index in [1.54, 1.807) is 12.1 Å². The van der Waals surface area contributed by atoms with E-state index in [1.165, 1.54) is 12.1 Å². The van der Waals surface area contributed by atoms with Gasteiger partial charge in [-0.25, -0.2) is 4.79 Å². The fourth-order valence-electron chi connectivity index (χ4n) is 1.21. The van der Waals surface area contributed by atoms with Gasteiger partial charge in [-0.2, -0.15) is 0 Å². The zero-order valence-corrected chi connectivity index (χ0v) is 9.27. The van der Waals surface area contributed by atoms with Gasteiger partial charge < -0.3 is 21.1 Å². The summed E-state index contributed by atoms with van der Waals surface area (Å²) in [4.78, 5) is 21.3. The number of nitrogens with one attached hydrogen (secondary N) is 3. The van der Waals surface area contributed by atoms with Gasteiger partial charge in [0.05, 0.1) is 0 Å². The lowest BCUT2D eigenvalue weighted by Crippen LogP contribution is -2.31. The number of urea groups is 1. The number of carbonyl (C=O) groups is 2. The van der Waals surface area contributed by atoms with Crippen LogP contribution in [0, 0.1) is 0 Å². The Bertz CT molecular complexity index is 382. The largest absolute Gasteiger partial charge is 0.508 e. The van der Waals surface area contributed by atoms with E-state index >= 15 is 0 Å². The molecule has 0 saturated heterocycles. The van der Waals surface area contributed by atoms with Crippen molar-refractivity contribution in [3.63, 3.8) is 0 Å². The molecule has 92 valence electrons. The van der Waals surface area contributed by atoms with E-state index in [0.29, 0.717) is 31.6 Å². The monoisotopic (exact) mass is 237 g/mol. The second-order valence-corrected chi connectivity index (χ2v) is 3.36. The van der Waals surface area contributed by atoms with Gasteiger partial charge in [0.25, 0.3) is 0 Å². The van der Waals surface area contributed by atoms with E-state index in [1.807, 2.05) is 0 Å². The first-order valence-corrected chi connectivity index (χ1v) is 5.23. The quantitative estimate of drug-likeness (QED) is 0.432. The second-order valence-electron chi connectivity index (χ2n) is 3.36. The Morgan fingerprint density at radius 1 is 1.35 bits per heavy atom. The number of phenols is 1. The number of anilines is 1. The minimum Gasteiger partial charge on any atom is -0.508 e. The molecule has 4 N–H and O–H groups in total. The molecule has 0 fully saturated rings. The van der Waals surface area contributed by atoms with Crippen LogP contribution in [-0.2, 0) is 4.79 Å². The zero-order valence-electron chi connectivity index (χ0n) is 9.27. The topological polar surface area (TPSA) is 90.5 Å². The fourth-order valence-corrected chi connectivity index (χ4v) is 1.21. The van der Waals surface area contributed by atoms with Crippen molar-refractivity contribution < 1.29 is 14.7 Å². The van der Waals surface area contributed by atoms with Crippen LogP contribution in [-0.4, -0.2) is 30.6 Å². The number of aromatic hydroxyl groups is 1. The van der Waals surface area contributed by atoms with Crippen LogP contribution in [0.2, 0.25) is 0 Å². The van der Waals surface area contributed by atoms with Crippen LogP contribution in [0.25, 0.3) is 0 Å². The summed E-state index contributed by atoms with van der Waals surface area (Å²) in [7, 11) is 0. The predicted octanol–water partition coefficient (Wildman–Crippen LogP) is 0.650. The van der Waals surface area contributed by atoms with Gasteiger partial charge in [0.1, 0.15) is 5.75 Å². The fraction of sp³-hybridized carbons (Fsp3) is 0.273. The lowest BCUT2D eigenvalue weighted by molar-refractivity contribution is -0.109. The highest BCUT2D eigenvalue weighted by Gasteiger charge is 2.00. The van der Waals surface area contributed by atoms with Crippen LogP contribution in [0.15, 0.2) is 24.3 Å². The maximum atomic E-state index is 11.4. The average Bonchev–Trinajstić information content (AvgIpc) is 2.29. The number of benzene rings is 1. The normalized spacial score (nSPS) is 9.41. The van der Waals surface area contributed by atoms with E-state index in [4.69, 9.17) is 0 Å². The highest BCUT2D eigenvalue weighted by molar-refractivity contribution is 5.89. The highest BCUT2D eigenvalue weighted by Crippen LogP contribution is 2.14. The molecule has 0 aliphatic carbocycles. The van der Waals surface area contributed by atoms with Crippen LogP contribution in [0.1, 0.15) is 6.42 Å². The van der Waals surface area contributed by atoms with Gasteiger partial charge >= 0.3 is 6.03 Å². The van der Waals surface area contributed by atoms with Crippen molar-refractivity contribution in [3.05, 3.63) is 24.3 Å². The molecule has 0 unspecified atom stereocenters. The van der Waals surface area contributed by atoms with Gasteiger partial charge in [-0.05, 0) is 18.6 Å². The molecule has 0 aromatic heterocycles. The number of hydrogen-bond donors (Lipinski definition) is 4. The molecule has 0 bridgehead atoms. The summed E-state index contributed by atoms with van der Waals surface area (Å²) in [6, 6.07) is 5.94. The lowest BCUT2D eigenvalue weighted by atomic mass is 10.3. The van der Waals surface area contributed by atoms with Crippen molar-refractivity contribution >= 4 is 18.1 Å². The SMILES string of the molecule is O=CNCCCNC(=O)Nc1cccc(O)c1. The Hall–Kier alpha value is -2.24. The van der Waals surface area contributed by atoms with Gasteiger partial charge in [-0.3, -0.25) is 4.79 Å². The van der Waals surface area contributed by atoms with Gasteiger partial charge in [0.15, 0.2) is 0 Å². The van der Waals surface area contributed by atoms with Crippen LogP contribution in [0.5, 0.6) is 5.75 Å². The Labute approximate surface area is 99.0 Å². The van der Waals surface area contributed by atoms with Gasteiger partial charge in [-0.15, -0.1) is 0 Å². The summed E-state index contributed by atoms with van der Waals surface area (Å²) in [5, 5.41) is 16.9. The Morgan fingerprint density at radius 3 is 2.88 bits per heavy atom. The zero-order chi connectivity index (χ0) is 12.5. The first-order valence-electron chi connectivity index (χ1n) is 5.23. The van der Waals surface area contributed by atoms with Crippen molar-refractivity contribution in [2.75, 3.05) is 18.4 Å². The summed E-state index contributed by atoms with van der Waals surface area (Å²) in [6.45, 7) is 0.987. The smallest absolute Gasteiger partial charge is 0.319 e. The molecular weight excluding hydrogens is 222 g/mol. The molecule has 3 amide bonds.